The molecule has 0 aliphatic heterocycles. The van der Waals surface area contributed by atoms with Gasteiger partial charge < -0.3 is 0 Å². The Kier molecular flexibility index (Phi) is 7.43. The number of benzene rings is 7. The van der Waals surface area contributed by atoms with Crippen LogP contribution >= 0.6 is 0 Å². The normalized spacial score (nSPS) is 11.4. The molecule has 0 unspecified atom stereocenters. The topological polar surface area (TPSA) is 43.6 Å². The monoisotopic (exact) mass is 676 g/mol. The molecule has 3 heterocycles. The second-order valence-electron chi connectivity index (χ2n) is 13.3. The van der Waals surface area contributed by atoms with Crippen LogP contribution in [0.3, 0.4) is 0 Å². The molecule has 53 heavy (non-hydrogen) atoms. The highest BCUT2D eigenvalue weighted by Crippen LogP contribution is 2.40. The Morgan fingerprint density at radius 1 is 0.396 bits per heavy atom. The summed E-state index contributed by atoms with van der Waals surface area (Å²) in [4.78, 5) is 14.6. The number of imidazole rings is 1. The van der Waals surface area contributed by atoms with E-state index in [1.807, 2.05) is 36.8 Å². The van der Waals surface area contributed by atoms with Crippen LogP contribution in [0.25, 0.3) is 94.3 Å². The van der Waals surface area contributed by atoms with Gasteiger partial charge in [0.2, 0.25) is 0 Å². The minimum Gasteiger partial charge on any atom is -0.277 e. The van der Waals surface area contributed by atoms with Crippen molar-refractivity contribution in [3.05, 3.63) is 195 Å². The van der Waals surface area contributed by atoms with Crippen LogP contribution in [-0.2, 0) is 0 Å². The van der Waals surface area contributed by atoms with Crippen LogP contribution in [0.1, 0.15) is 0 Å². The van der Waals surface area contributed by atoms with Crippen molar-refractivity contribution in [2.75, 3.05) is 0 Å². The van der Waals surface area contributed by atoms with E-state index in [9.17, 15) is 0 Å². The molecule has 10 aromatic rings. The fraction of sp³-hybridized carbons (Fsp3) is 0. The molecule has 0 fully saturated rings. The van der Waals surface area contributed by atoms with Gasteiger partial charge in [0, 0.05) is 41.0 Å². The Hall–Kier alpha value is -7.17. The highest BCUT2D eigenvalue weighted by atomic mass is 15.1. The quantitative estimate of drug-likeness (QED) is 0.165. The molecule has 0 amide bonds. The zero-order valence-electron chi connectivity index (χ0n) is 28.8. The van der Waals surface area contributed by atoms with E-state index in [0.29, 0.717) is 0 Å². The summed E-state index contributed by atoms with van der Waals surface area (Å²) in [5.74, 6) is 0.848. The Bertz CT molecular complexity index is 2910. The molecule has 0 saturated carbocycles. The van der Waals surface area contributed by atoms with Gasteiger partial charge in [0.15, 0.2) is 5.65 Å². The molecule has 3 aromatic heterocycles. The van der Waals surface area contributed by atoms with Crippen LogP contribution in [0.2, 0.25) is 0 Å². The van der Waals surface area contributed by atoms with E-state index < -0.39 is 0 Å². The molecular weight excluding hydrogens is 645 g/mol. The van der Waals surface area contributed by atoms with Crippen LogP contribution in [0.5, 0.6) is 0 Å². The summed E-state index contributed by atoms with van der Waals surface area (Å²) in [6.07, 6.45) is 5.64. The number of fused-ring (bicyclic) bond motifs is 4. The van der Waals surface area contributed by atoms with E-state index in [1.165, 1.54) is 27.1 Å². The second-order valence-corrected chi connectivity index (χ2v) is 13.3. The SMILES string of the molecule is c1ccc(-c2ccnc3c2nc(-c2ccc(-c4cc(-c5cccnc5)cc(-c5cc6ccccc6c6ccccc56)c4)cc2)n3-c2ccccc2)cc1. The summed E-state index contributed by atoms with van der Waals surface area (Å²) in [5.41, 5.74) is 12.7. The second kappa shape index (κ2) is 12.9. The number of pyridine rings is 2. The highest BCUT2D eigenvalue weighted by molar-refractivity contribution is 6.14. The zero-order valence-corrected chi connectivity index (χ0v) is 28.8. The molecular formula is C49H32N4. The van der Waals surface area contributed by atoms with E-state index >= 15 is 0 Å². The summed E-state index contributed by atoms with van der Waals surface area (Å²) in [6.45, 7) is 0. The van der Waals surface area contributed by atoms with Crippen LogP contribution in [0.4, 0.5) is 0 Å². The summed E-state index contributed by atoms with van der Waals surface area (Å²) >= 11 is 0. The van der Waals surface area contributed by atoms with Gasteiger partial charge in [-0.3, -0.25) is 9.55 Å². The van der Waals surface area contributed by atoms with Crippen LogP contribution in [0.15, 0.2) is 195 Å². The predicted molar refractivity (Wildman–Crippen MR) is 219 cm³/mol. The van der Waals surface area contributed by atoms with Crippen molar-refractivity contribution in [1.29, 1.82) is 0 Å². The van der Waals surface area contributed by atoms with E-state index in [2.05, 4.69) is 167 Å². The van der Waals surface area contributed by atoms with E-state index in [-0.39, 0.29) is 0 Å². The summed E-state index contributed by atoms with van der Waals surface area (Å²) in [6, 6.07) is 62.3. The number of nitrogens with zero attached hydrogens (tertiary/aromatic N) is 4. The molecule has 248 valence electrons. The molecule has 10 rings (SSSR count). The van der Waals surface area contributed by atoms with Gasteiger partial charge in [0.05, 0.1) is 0 Å². The molecule has 0 spiro atoms. The first-order valence-electron chi connectivity index (χ1n) is 17.8. The van der Waals surface area contributed by atoms with Crippen molar-refractivity contribution in [3.63, 3.8) is 0 Å². The minimum atomic E-state index is 0.827. The summed E-state index contributed by atoms with van der Waals surface area (Å²) < 4.78 is 2.17. The number of aromatic nitrogens is 4. The standard InChI is InChI=1S/C49H32N4/c1-3-12-34(13-4-1)43-25-27-51-49-47(43)52-48(53(49)41-16-5-2-6-17-41)35-23-21-33(22-24-35)38-28-39(37-15-11-26-50-32-37)30-40(29-38)46-31-36-14-7-8-18-42(36)44-19-9-10-20-45(44)46/h1-32H. The largest absolute Gasteiger partial charge is 0.277 e. The molecule has 0 aliphatic rings. The van der Waals surface area contributed by atoms with Gasteiger partial charge in [0.25, 0.3) is 0 Å². The molecule has 0 bridgehead atoms. The first kappa shape index (κ1) is 30.6. The Morgan fingerprint density at radius 3 is 1.81 bits per heavy atom. The van der Waals surface area contributed by atoms with E-state index in [4.69, 9.17) is 9.97 Å². The molecule has 7 aromatic carbocycles. The van der Waals surface area contributed by atoms with Crippen LogP contribution in [-0.4, -0.2) is 19.5 Å². The van der Waals surface area contributed by atoms with Crippen LogP contribution < -0.4 is 0 Å². The Balaban J connectivity index is 1.14. The van der Waals surface area contributed by atoms with Gasteiger partial charge in [0.1, 0.15) is 11.3 Å². The zero-order chi connectivity index (χ0) is 35.1. The van der Waals surface area contributed by atoms with Crippen molar-refractivity contribution in [1.82, 2.24) is 19.5 Å². The maximum Gasteiger partial charge on any atom is 0.165 e. The molecule has 0 radical (unpaired) electrons. The molecule has 0 N–H and O–H groups in total. The average molecular weight is 677 g/mol. The van der Waals surface area contributed by atoms with Crippen molar-refractivity contribution >= 4 is 32.7 Å². The molecule has 0 aliphatic carbocycles. The van der Waals surface area contributed by atoms with Crippen molar-refractivity contribution in [3.8, 4) is 61.6 Å². The Labute approximate surface area is 307 Å². The summed E-state index contributed by atoms with van der Waals surface area (Å²) in [5, 5.41) is 4.98. The minimum absolute atomic E-state index is 0.827. The summed E-state index contributed by atoms with van der Waals surface area (Å²) in [7, 11) is 0. The van der Waals surface area contributed by atoms with Gasteiger partial charge in [-0.1, -0.05) is 127 Å². The average Bonchev–Trinajstić information content (AvgIpc) is 3.64. The maximum atomic E-state index is 5.29. The molecule has 4 nitrogen and oxygen atoms in total. The third kappa shape index (κ3) is 5.45. The number of hydrogen-bond acceptors (Lipinski definition) is 3. The Morgan fingerprint density at radius 2 is 1.04 bits per heavy atom. The first-order valence-corrected chi connectivity index (χ1v) is 17.8. The van der Waals surface area contributed by atoms with E-state index in [0.717, 1.165) is 67.2 Å². The van der Waals surface area contributed by atoms with Gasteiger partial charge in [-0.15, -0.1) is 0 Å². The highest BCUT2D eigenvalue weighted by Gasteiger charge is 2.19. The molecule has 4 heteroatoms. The first-order chi connectivity index (χ1) is 26.3. The number of rotatable bonds is 6. The lowest BCUT2D eigenvalue weighted by Gasteiger charge is -2.15. The third-order valence-electron chi connectivity index (χ3n) is 10.1. The lowest BCUT2D eigenvalue weighted by molar-refractivity contribution is 1.08. The maximum absolute atomic E-state index is 5.29. The van der Waals surface area contributed by atoms with E-state index in [1.54, 1.807) is 0 Å². The number of para-hydroxylation sites is 1. The van der Waals surface area contributed by atoms with Crippen molar-refractivity contribution in [2.45, 2.75) is 0 Å². The van der Waals surface area contributed by atoms with Crippen molar-refractivity contribution < 1.29 is 0 Å². The molecule has 0 saturated heterocycles. The van der Waals surface area contributed by atoms with Crippen molar-refractivity contribution in [2.24, 2.45) is 0 Å². The predicted octanol–water partition coefficient (Wildman–Crippen LogP) is 12.5. The third-order valence-corrected chi connectivity index (χ3v) is 10.1. The van der Waals surface area contributed by atoms with Gasteiger partial charge >= 0.3 is 0 Å². The molecule has 0 atom stereocenters. The van der Waals surface area contributed by atoms with Gasteiger partial charge in [-0.2, -0.15) is 0 Å². The smallest absolute Gasteiger partial charge is 0.165 e. The lowest BCUT2D eigenvalue weighted by Crippen LogP contribution is -1.98. The fourth-order valence-electron chi connectivity index (χ4n) is 7.59. The van der Waals surface area contributed by atoms with Gasteiger partial charge in [-0.25, -0.2) is 9.97 Å². The number of hydrogen-bond donors (Lipinski definition) is 0. The van der Waals surface area contributed by atoms with Gasteiger partial charge in [-0.05, 0) is 103 Å². The van der Waals surface area contributed by atoms with Crippen LogP contribution in [0, 0.1) is 0 Å². The lowest BCUT2D eigenvalue weighted by atomic mass is 9.89. The fourth-order valence-corrected chi connectivity index (χ4v) is 7.59.